The lowest BCUT2D eigenvalue weighted by Crippen LogP contribution is -2.12. The van der Waals surface area contributed by atoms with E-state index in [1.165, 1.54) is 42.0 Å². The zero-order valence-corrected chi connectivity index (χ0v) is 12.8. The van der Waals surface area contributed by atoms with E-state index in [4.69, 9.17) is 4.74 Å². The van der Waals surface area contributed by atoms with E-state index in [1.807, 2.05) is 6.07 Å². The summed E-state index contributed by atoms with van der Waals surface area (Å²) in [6.07, 6.45) is 5.50. The Kier molecular flexibility index (Phi) is 3.79. The van der Waals surface area contributed by atoms with Crippen LogP contribution in [0.5, 0.6) is 5.75 Å². The van der Waals surface area contributed by atoms with Gasteiger partial charge in [0.1, 0.15) is 5.75 Å². The smallest absolute Gasteiger partial charge is 0.119 e. The van der Waals surface area contributed by atoms with Gasteiger partial charge in [0.05, 0.1) is 7.11 Å². The Bertz CT molecular complexity index is 574. The van der Waals surface area contributed by atoms with Crippen LogP contribution < -0.4 is 4.74 Å². The van der Waals surface area contributed by atoms with Crippen LogP contribution in [0.4, 0.5) is 0 Å². The van der Waals surface area contributed by atoms with Crippen LogP contribution in [-0.4, -0.2) is 7.11 Å². The summed E-state index contributed by atoms with van der Waals surface area (Å²) in [6, 6.07) is 13.0. The average Bonchev–Trinajstić information content (AvgIpc) is 2.41. The minimum Gasteiger partial charge on any atom is -0.497 e. The third-order valence-electron chi connectivity index (χ3n) is 4.20. The summed E-state index contributed by atoms with van der Waals surface area (Å²) < 4.78 is 5.27. The Hall–Kier alpha value is -1.02. The highest BCUT2D eigenvalue weighted by Gasteiger charge is 2.21. The third kappa shape index (κ3) is 2.79. The molecule has 0 amide bonds. The fraction of sp³-hybridized carbons (Fsp3) is 0.412. The molecule has 100 valence electrons. The van der Waals surface area contributed by atoms with Crippen molar-refractivity contribution in [3.05, 3.63) is 42.0 Å². The first-order chi connectivity index (χ1) is 9.26. The van der Waals surface area contributed by atoms with E-state index in [1.54, 1.807) is 7.11 Å². The molecule has 1 aliphatic carbocycles. The van der Waals surface area contributed by atoms with Crippen molar-refractivity contribution < 1.29 is 4.74 Å². The van der Waals surface area contributed by atoms with Crippen LogP contribution in [0, 0.1) is 5.92 Å². The zero-order chi connectivity index (χ0) is 13.2. The number of halogens is 1. The van der Waals surface area contributed by atoms with Crippen molar-refractivity contribution in [3.8, 4) is 5.75 Å². The van der Waals surface area contributed by atoms with Gasteiger partial charge in [-0.2, -0.15) is 0 Å². The molecule has 0 spiro atoms. The summed E-state index contributed by atoms with van der Waals surface area (Å²) in [6.45, 7) is 0. The summed E-state index contributed by atoms with van der Waals surface area (Å²) >= 11 is 3.85. The Morgan fingerprint density at radius 2 is 1.89 bits per heavy atom. The molecule has 0 saturated heterocycles. The van der Waals surface area contributed by atoms with Crippen LogP contribution in [0.1, 0.15) is 36.1 Å². The van der Waals surface area contributed by atoms with E-state index in [2.05, 4.69) is 46.3 Å². The molecule has 1 saturated carbocycles. The first-order valence-corrected chi connectivity index (χ1v) is 7.89. The van der Waals surface area contributed by atoms with Crippen LogP contribution in [0.2, 0.25) is 0 Å². The molecule has 1 nitrogen and oxygen atoms in total. The summed E-state index contributed by atoms with van der Waals surface area (Å²) in [5.41, 5.74) is 1.39. The average molecular weight is 319 g/mol. The van der Waals surface area contributed by atoms with E-state index in [-0.39, 0.29) is 0 Å². The van der Waals surface area contributed by atoms with Gasteiger partial charge in [0, 0.05) is 4.83 Å². The molecule has 2 aromatic rings. The van der Waals surface area contributed by atoms with Gasteiger partial charge in [-0.1, -0.05) is 59.5 Å². The molecule has 1 aliphatic rings. The highest BCUT2D eigenvalue weighted by molar-refractivity contribution is 9.09. The second-order valence-corrected chi connectivity index (χ2v) is 6.58. The van der Waals surface area contributed by atoms with Crippen LogP contribution in [0.3, 0.4) is 0 Å². The fourth-order valence-corrected chi connectivity index (χ4v) is 3.53. The molecule has 0 aliphatic heterocycles. The number of hydrogen-bond acceptors (Lipinski definition) is 1. The van der Waals surface area contributed by atoms with Crippen LogP contribution >= 0.6 is 15.9 Å². The normalized spacial score (nSPS) is 17.2. The number of alkyl halides is 1. The molecule has 1 fully saturated rings. The van der Waals surface area contributed by atoms with Crippen molar-refractivity contribution >= 4 is 26.7 Å². The van der Waals surface area contributed by atoms with Gasteiger partial charge in [0.25, 0.3) is 0 Å². The van der Waals surface area contributed by atoms with Gasteiger partial charge in [-0.3, -0.25) is 0 Å². The Balaban J connectivity index is 1.84. The van der Waals surface area contributed by atoms with Crippen LogP contribution in [0.25, 0.3) is 10.8 Å². The van der Waals surface area contributed by atoms with Crippen molar-refractivity contribution in [2.24, 2.45) is 5.92 Å². The van der Waals surface area contributed by atoms with Gasteiger partial charge in [-0.15, -0.1) is 0 Å². The first kappa shape index (κ1) is 13.0. The third-order valence-corrected chi connectivity index (χ3v) is 5.10. The summed E-state index contributed by atoms with van der Waals surface area (Å²) in [7, 11) is 1.71. The number of fused-ring (bicyclic) bond motifs is 1. The lowest BCUT2D eigenvalue weighted by atomic mass is 9.81. The minimum atomic E-state index is 0.490. The molecule has 0 radical (unpaired) electrons. The molecule has 0 heterocycles. The van der Waals surface area contributed by atoms with Crippen LogP contribution in [0.15, 0.2) is 36.4 Å². The van der Waals surface area contributed by atoms with Gasteiger partial charge >= 0.3 is 0 Å². The molecule has 3 rings (SSSR count). The van der Waals surface area contributed by atoms with Crippen molar-refractivity contribution in [1.29, 1.82) is 0 Å². The predicted molar refractivity (Wildman–Crippen MR) is 84.1 cm³/mol. The Labute approximate surface area is 123 Å². The molecule has 19 heavy (non-hydrogen) atoms. The lowest BCUT2D eigenvalue weighted by molar-refractivity contribution is 0.295. The summed E-state index contributed by atoms with van der Waals surface area (Å²) in [4.78, 5) is 0.490. The maximum Gasteiger partial charge on any atom is 0.119 e. The predicted octanol–water partition coefficient (Wildman–Crippen LogP) is 5.47. The van der Waals surface area contributed by atoms with Gasteiger partial charge in [0.15, 0.2) is 0 Å². The zero-order valence-electron chi connectivity index (χ0n) is 11.2. The number of rotatable bonds is 4. The largest absolute Gasteiger partial charge is 0.497 e. The number of ether oxygens (including phenoxy) is 1. The molecule has 0 aromatic heterocycles. The molecular weight excluding hydrogens is 300 g/mol. The highest BCUT2D eigenvalue weighted by atomic mass is 79.9. The molecule has 0 N–H and O–H groups in total. The van der Waals surface area contributed by atoms with E-state index in [0.29, 0.717) is 4.83 Å². The minimum absolute atomic E-state index is 0.490. The highest BCUT2D eigenvalue weighted by Crippen LogP contribution is 2.39. The maximum atomic E-state index is 5.27. The van der Waals surface area contributed by atoms with Gasteiger partial charge in [-0.25, -0.2) is 0 Å². The molecule has 1 unspecified atom stereocenters. The Morgan fingerprint density at radius 1 is 1.16 bits per heavy atom. The summed E-state index contributed by atoms with van der Waals surface area (Å²) in [5.74, 6) is 1.85. The second-order valence-electron chi connectivity index (χ2n) is 5.47. The van der Waals surface area contributed by atoms with Crippen molar-refractivity contribution in [1.82, 2.24) is 0 Å². The van der Waals surface area contributed by atoms with Crippen molar-refractivity contribution in [2.75, 3.05) is 7.11 Å². The molecular formula is C17H19BrO. The topological polar surface area (TPSA) is 9.23 Å². The van der Waals surface area contributed by atoms with E-state index in [0.717, 1.165) is 11.7 Å². The standard InChI is InChI=1S/C17H19BrO/c1-19-16-8-7-13-10-15(6-5-14(13)11-16)17(18)9-12-3-2-4-12/h5-8,10-12,17H,2-4,9H2,1H3. The monoisotopic (exact) mass is 318 g/mol. The molecule has 0 bridgehead atoms. The van der Waals surface area contributed by atoms with E-state index >= 15 is 0 Å². The maximum absolute atomic E-state index is 5.27. The van der Waals surface area contributed by atoms with Crippen molar-refractivity contribution in [3.63, 3.8) is 0 Å². The molecule has 2 heteroatoms. The van der Waals surface area contributed by atoms with Crippen LogP contribution in [-0.2, 0) is 0 Å². The van der Waals surface area contributed by atoms with E-state index < -0.39 is 0 Å². The molecule has 1 atom stereocenters. The van der Waals surface area contributed by atoms with Gasteiger partial charge < -0.3 is 4.74 Å². The summed E-state index contributed by atoms with van der Waals surface area (Å²) in [5, 5.41) is 2.53. The number of benzene rings is 2. The number of methoxy groups -OCH3 is 1. The lowest BCUT2D eigenvalue weighted by Gasteiger charge is -2.27. The SMILES string of the molecule is COc1ccc2cc(C(Br)CC3CCC3)ccc2c1. The van der Waals surface area contributed by atoms with E-state index in [9.17, 15) is 0 Å². The quantitative estimate of drug-likeness (QED) is 0.679. The van der Waals surface area contributed by atoms with Crippen molar-refractivity contribution in [2.45, 2.75) is 30.5 Å². The van der Waals surface area contributed by atoms with Gasteiger partial charge in [0.2, 0.25) is 0 Å². The molecule has 2 aromatic carbocycles. The second kappa shape index (κ2) is 5.54. The number of hydrogen-bond donors (Lipinski definition) is 0. The Morgan fingerprint density at radius 3 is 2.58 bits per heavy atom. The van der Waals surface area contributed by atoms with Gasteiger partial charge in [-0.05, 0) is 40.8 Å². The first-order valence-electron chi connectivity index (χ1n) is 6.98. The fourth-order valence-electron chi connectivity index (χ4n) is 2.72.